The first-order valence-corrected chi connectivity index (χ1v) is 4.96. The van der Waals surface area contributed by atoms with E-state index in [1.165, 1.54) is 5.56 Å². The number of hydrogen-bond acceptors (Lipinski definition) is 2. The van der Waals surface area contributed by atoms with E-state index in [2.05, 4.69) is 33.4 Å². The van der Waals surface area contributed by atoms with Crippen molar-refractivity contribution in [2.75, 3.05) is 14.2 Å². The van der Waals surface area contributed by atoms with E-state index in [1.54, 1.807) is 7.11 Å². The van der Waals surface area contributed by atoms with Crippen LogP contribution in [0.1, 0.15) is 11.1 Å². The topological polar surface area (TPSA) is 21.3 Å². The fourth-order valence-corrected chi connectivity index (χ4v) is 1.84. The highest BCUT2D eigenvalue weighted by Gasteiger charge is 2.04. The van der Waals surface area contributed by atoms with Gasteiger partial charge in [-0.2, -0.15) is 0 Å². The predicted octanol–water partition coefficient (Wildman–Crippen LogP) is 2.49. The molecule has 0 spiro atoms. The summed E-state index contributed by atoms with van der Waals surface area (Å²) in [5, 5.41) is 3.11. The number of hydrogen-bond donors (Lipinski definition) is 1. The third-order valence-electron chi connectivity index (χ3n) is 1.93. The predicted molar refractivity (Wildman–Crippen MR) is 58.2 cm³/mol. The van der Waals surface area contributed by atoms with Gasteiger partial charge in [0, 0.05) is 11.0 Å². The Kier molecular flexibility index (Phi) is 3.75. The second-order valence-corrected chi connectivity index (χ2v) is 3.80. The molecule has 2 nitrogen and oxygen atoms in total. The average Bonchev–Trinajstić information content (AvgIpc) is 2.10. The van der Waals surface area contributed by atoms with Crippen LogP contribution in [0.3, 0.4) is 0 Å². The molecule has 1 aromatic rings. The number of benzene rings is 1. The third-order valence-corrected chi connectivity index (χ3v) is 2.67. The second-order valence-electron chi connectivity index (χ2n) is 2.94. The molecule has 0 unspecified atom stereocenters. The van der Waals surface area contributed by atoms with Gasteiger partial charge >= 0.3 is 0 Å². The Morgan fingerprint density at radius 2 is 2.15 bits per heavy atom. The highest BCUT2D eigenvalue weighted by atomic mass is 79.9. The molecule has 0 saturated heterocycles. The van der Waals surface area contributed by atoms with Crippen LogP contribution in [0.5, 0.6) is 5.75 Å². The fraction of sp³-hybridized carbons (Fsp3) is 0.400. The molecule has 0 aliphatic rings. The van der Waals surface area contributed by atoms with Crippen LogP contribution < -0.4 is 10.1 Å². The summed E-state index contributed by atoms with van der Waals surface area (Å²) in [7, 11) is 3.62. The lowest BCUT2D eigenvalue weighted by atomic mass is 10.1. The van der Waals surface area contributed by atoms with E-state index in [0.29, 0.717) is 0 Å². The minimum Gasteiger partial charge on any atom is -0.496 e. The number of nitrogens with one attached hydrogen (secondary N) is 1. The van der Waals surface area contributed by atoms with Gasteiger partial charge in [0.25, 0.3) is 0 Å². The first kappa shape index (κ1) is 10.5. The highest BCUT2D eigenvalue weighted by molar-refractivity contribution is 9.10. The van der Waals surface area contributed by atoms with E-state index in [9.17, 15) is 0 Å². The molecule has 0 aliphatic heterocycles. The van der Waals surface area contributed by atoms with E-state index in [0.717, 1.165) is 22.3 Å². The van der Waals surface area contributed by atoms with E-state index >= 15 is 0 Å². The third kappa shape index (κ3) is 2.45. The Labute approximate surface area is 87.4 Å². The molecule has 0 atom stereocenters. The van der Waals surface area contributed by atoms with Crippen LogP contribution in [0.2, 0.25) is 0 Å². The number of halogens is 1. The van der Waals surface area contributed by atoms with Crippen LogP contribution >= 0.6 is 15.9 Å². The van der Waals surface area contributed by atoms with Gasteiger partial charge in [-0.05, 0) is 37.2 Å². The lowest BCUT2D eigenvalue weighted by Crippen LogP contribution is -2.06. The van der Waals surface area contributed by atoms with Crippen LogP contribution in [0, 0.1) is 6.92 Å². The first-order valence-electron chi connectivity index (χ1n) is 4.16. The molecule has 0 radical (unpaired) electrons. The summed E-state index contributed by atoms with van der Waals surface area (Å²) in [5.41, 5.74) is 2.36. The number of rotatable bonds is 3. The van der Waals surface area contributed by atoms with Gasteiger partial charge in [-0.25, -0.2) is 0 Å². The zero-order chi connectivity index (χ0) is 9.84. The van der Waals surface area contributed by atoms with Crippen molar-refractivity contribution in [1.82, 2.24) is 5.32 Å². The van der Waals surface area contributed by atoms with Gasteiger partial charge in [-0.1, -0.05) is 15.9 Å². The van der Waals surface area contributed by atoms with Crippen molar-refractivity contribution in [1.29, 1.82) is 0 Å². The molecule has 0 aliphatic carbocycles. The Morgan fingerprint density at radius 1 is 1.46 bits per heavy atom. The Bertz CT molecular complexity index is 299. The molecule has 0 saturated carbocycles. The van der Waals surface area contributed by atoms with Crippen molar-refractivity contribution in [2.24, 2.45) is 0 Å². The molecule has 3 heteroatoms. The molecule has 0 aromatic heterocycles. The minimum atomic E-state index is 0.844. The SMILES string of the molecule is CNCc1cc(OC)c(C)cc1Br. The van der Waals surface area contributed by atoms with Gasteiger partial charge in [0.15, 0.2) is 0 Å². The van der Waals surface area contributed by atoms with Crippen LogP contribution in [0.4, 0.5) is 0 Å². The van der Waals surface area contributed by atoms with Crippen molar-refractivity contribution in [3.8, 4) is 5.75 Å². The minimum absolute atomic E-state index is 0.844. The maximum Gasteiger partial charge on any atom is 0.122 e. The maximum absolute atomic E-state index is 5.24. The summed E-state index contributed by atoms with van der Waals surface area (Å²) in [6.07, 6.45) is 0. The molecule has 0 amide bonds. The smallest absolute Gasteiger partial charge is 0.122 e. The number of methoxy groups -OCH3 is 1. The van der Waals surface area contributed by atoms with Crippen molar-refractivity contribution in [2.45, 2.75) is 13.5 Å². The van der Waals surface area contributed by atoms with E-state index < -0.39 is 0 Å². The zero-order valence-corrected chi connectivity index (χ0v) is 9.73. The van der Waals surface area contributed by atoms with Crippen molar-refractivity contribution < 1.29 is 4.74 Å². The Hall–Kier alpha value is -0.540. The van der Waals surface area contributed by atoms with Gasteiger partial charge in [0.1, 0.15) is 5.75 Å². The summed E-state index contributed by atoms with van der Waals surface area (Å²) in [5.74, 6) is 0.938. The lowest BCUT2D eigenvalue weighted by molar-refractivity contribution is 0.411. The Balaban J connectivity index is 3.06. The van der Waals surface area contributed by atoms with Crippen molar-refractivity contribution >= 4 is 15.9 Å². The van der Waals surface area contributed by atoms with Crippen molar-refractivity contribution in [3.63, 3.8) is 0 Å². The second kappa shape index (κ2) is 4.63. The van der Waals surface area contributed by atoms with Gasteiger partial charge in [-0.15, -0.1) is 0 Å². The van der Waals surface area contributed by atoms with E-state index in [4.69, 9.17) is 4.74 Å². The van der Waals surface area contributed by atoms with Gasteiger partial charge < -0.3 is 10.1 Å². The van der Waals surface area contributed by atoms with E-state index in [1.807, 2.05) is 14.0 Å². The van der Waals surface area contributed by atoms with Gasteiger partial charge in [0.05, 0.1) is 7.11 Å². The molecule has 72 valence electrons. The van der Waals surface area contributed by atoms with Gasteiger partial charge in [-0.3, -0.25) is 0 Å². The standard InChI is InChI=1S/C10H14BrNO/c1-7-4-9(11)8(6-12-2)5-10(7)13-3/h4-5,12H,6H2,1-3H3. The number of aryl methyl sites for hydroxylation is 1. The monoisotopic (exact) mass is 243 g/mol. The Morgan fingerprint density at radius 3 is 2.69 bits per heavy atom. The molecular formula is C10H14BrNO. The molecule has 0 fully saturated rings. The van der Waals surface area contributed by atoms with Crippen LogP contribution in [0.15, 0.2) is 16.6 Å². The molecule has 13 heavy (non-hydrogen) atoms. The normalized spacial score (nSPS) is 10.2. The molecule has 1 aromatic carbocycles. The molecule has 1 N–H and O–H groups in total. The first-order chi connectivity index (χ1) is 6.19. The quantitative estimate of drug-likeness (QED) is 0.881. The molecule has 1 rings (SSSR count). The van der Waals surface area contributed by atoms with Crippen LogP contribution in [0.25, 0.3) is 0 Å². The molecule has 0 heterocycles. The zero-order valence-electron chi connectivity index (χ0n) is 8.15. The summed E-state index contributed by atoms with van der Waals surface area (Å²) < 4.78 is 6.36. The van der Waals surface area contributed by atoms with Crippen LogP contribution in [-0.2, 0) is 6.54 Å². The van der Waals surface area contributed by atoms with Crippen molar-refractivity contribution in [3.05, 3.63) is 27.7 Å². The lowest BCUT2D eigenvalue weighted by Gasteiger charge is -2.09. The van der Waals surface area contributed by atoms with E-state index in [-0.39, 0.29) is 0 Å². The summed E-state index contributed by atoms with van der Waals surface area (Å²) >= 11 is 3.52. The molecular weight excluding hydrogens is 230 g/mol. The maximum atomic E-state index is 5.24. The summed E-state index contributed by atoms with van der Waals surface area (Å²) in [4.78, 5) is 0. The van der Waals surface area contributed by atoms with Gasteiger partial charge in [0.2, 0.25) is 0 Å². The number of ether oxygens (including phenoxy) is 1. The van der Waals surface area contributed by atoms with Crippen LogP contribution in [-0.4, -0.2) is 14.2 Å². The molecule has 0 bridgehead atoms. The summed E-state index contributed by atoms with van der Waals surface area (Å²) in [6, 6.07) is 4.13. The highest BCUT2D eigenvalue weighted by Crippen LogP contribution is 2.26. The average molecular weight is 244 g/mol. The largest absolute Gasteiger partial charge is 0.496 e. The summed E-state index contributed by atoms with van der Waals surface area (Å²) in [6.45, 7) is 2.88. The fourth-order valence-electron chi connectivity index (χ4n) is 1.24.